The molecule has 118 valence electrons. The molecule has 3 nitrogen and oxygen atoms in total. The number of carbonyl (C=O) groups is 2. The van der Waals surface area contributed by atoms with E-state index in [-0.39, 0.29) is 11.8 Å². The highest BCUT2D eigenvalue weighted by molar-refractivity contribution is 5.98. The molecule has 1 saturated heterocycles. The highest BCUT2D eigenvalue weighted by Gasteiger charge is 2.84. The number of esters is 2. The summed E-state index contributed by atoms with van der Waals surface area (Å²) >= 11 is 0. The molecule has 0 radical (unpaired) electrons. The molecule has 7 atom stereocenters. The molecule has 4 aliphatic carbocycles. The minimum absolute atomic E-state index is 0.323. The van der Waals surface area contributed by atoms with Crippen LogP contribution in [0.5, 0.6) is 0 Å². The van der Waals surface area contributed by atoms with Gasteiger partial charge in [-0.3, -0.25) is 9.59 Å². The van der Waals surface area contributed by atoms with Crippen LogP contribution in [0, 0.1) is 40.9 Å². The smallest absolute Gasteiger partial charge is 0.318 e. The lowest BCUT2D eigenvalue weighted by molar-refractivity contribution is -0.320. The molecule has 0 N–H and O–H groups in total. The van der Waals surface area contributed by atoms with E-state index in [1.165, 1.54) is 0 Å². The van der Waals surface area contributed by atoms with E-state index in [2.05, 4.69) is 4.74 Å². The second-order valence-electron chi connectivity index (χ2n) is 7.29. The molecule has 1 spiro atoms. The number of hydrogen-bond donors (Lipinski definition) is 0. The second-order valence-corrected chi connectivity index (χ2v) is 7.29. The molecule has 0 aromatic heterocycles. The van der Waals surface area contributed by atoms with Crippen molar-refractivity contribution in [1.82, 2.24) is 0 Å². The van der Waals surface area contributed by atoms with Crippen LogP contribution in [-0.4, -0.2) is 23.8 Å². The Bertz CT molecular complexity index is 625. The van der Waals surface area contributed by atoms with Crippen molar-refractivity contribution >= 4 is 11.9 Å². The van der Waals surface area contributed by atoms with Gasteiger partial charge in [0.2, 0.25) is 0 Å². The summed E-state index contributed by atoms with van der Waals surface area (Å²) in [4.78, 5) is 23.6. The van der Waals surface area contributed by atoms with Crippen LogP contribution < -0.4 is 0 Å². The topological polar surface area (TPSA) is 43.4 Å². The zero-order chi connectivity index (χ0) is 15.7. The van der Waals surface area contributed by atoms with Crippen LogP contribution in [0.1, 0.15) is 12.8 Å². The monoisotopic (exact) mass is 316 g/mol. The third kappa shape index (κ3) is 1.09. The molecule has 2 bridgehead atoms. The Balaban J connectivity index is 1.48. The largest absolute Gasteiger partial charge is 0.393 e. The van der Waals surface area contributed by atoms with Gasteiger partial charge in [0.15, 0.2) is 0 Å². The summed E-state index contributed by atoms with van der Waals surface area (Å²) in [5, 5.41) is 0. The molecule has 4 fully saturated rings. The first-order chi connectivity index (χ1) is 10.2. The van der Waals surface area contributed by atoms with Gasteiger partial charge in [0.05, 0.1) is 11.8 Å². The maximum absolute atomic E-state index is 13.7. The van der Waals surface area contributed by atoms with Crippen LogP contribution in [0.15, 0.2) is 12.2 Å². The van der Waals surface area contributed by atoms with E-state index in [4.69, 9.17) is 0 Å². The fourth-order valence-electron chi connectivity index (χ4n) is 5.68. The summed E-state index contributed by atoms with van der Waals surface area (Å²) in [7, 11) is 0. The molecular formula is C15H12F4O3. The minimum Gasteiger partial charge on any atom is -0.393 e. The first-order valence-electron chi connectivity index (χ1n) is 7.41. The number of allylic oxidation sites excluding steroid dienone is 2. The Morgan fingerprint density at radius 2 is 1.45 bits per heavy atom. The number of hydrogen-bond acceptors (Lipinski definition) is 3. The SMILES string of the molecule is O=C1OC(=O)[C@H]2[C@H]1[C@H]1C=C[C@@H]2C12C[C@H]2[C@@H]1CC(F)(F)C1(F)F. The molecule has 0 aromatic carbocycles. The standard InChI is InChI=1S/C15H12F4O3/c16-14(17)4-8(15(14,18)19)7-3-13(7)5-1-2-6(13)10-9(5)11(20)22-12(10)21/h1-2,5-10H,3-4H2/t5-,6+,7-,8-,9+,10+,13?/m0/s1. The lowest BCUT2D eigenvalue weighted by Gasteiger charge is -2.45. The van der Waals surface area contributed by atoms with Crippen molar-refractivity contribution in [3.63, 3.8) is 0 Å². The number of cyclic esters (lactones) is 2. The summed E-state index contributed by atoms with van der Waals surface area (Å²) in [6.07, 6.45) is 3.17. The van der Waals surface area contributed by atoms with Crippen molar-refractivity contribution in [2.24, 2.45) is 40.9 Å². The van der Waals surface area contributed by atoms with E-state index >= 15 is 0 Å². The number of ether oxygens (including phenoxy) is 1. The van der Waals surface area contributed by atoms with E-state index in [9.17, 15) is 27.2 Å². The van der Waals surface area contributed by atoms with Gasteiger partial charge in [-0.2, -0.15) is 17.6 Å². The Morgan fingerprint density at radius 3 is 1.91 bits per heavy atom. The average molecular weight is 316 g/mol. The molecule has 0 aromatic rings. The summed E-state index contributed by atoms with van der Waals surface area (Å²) in [5.74, 6) is -12.9. The number of alkyl halides is 4. The molecule has 0 amide bonds. The van der Waals surface area contributed by atoms with Crippen molar-refractivity contribution in [3.05, 3.63) is 12.2 Å². The Hall–Kier alpha value is -1.40. The quantitative estimate of drug-likeness (QED) is 0.323. The third-order valence-corrected chi connectivity index (χ3v) is 6.69. The lowest BCUT2D eigenvalue weighted by atomic mass is 9.70. The lowest BCUT2D eigenvalue weighted by Crippen LogP contribution is -2.60. The van der Waals surface area contributed by atoms with Gasteiger partial charge in [0.25, 0.3) is 0 Å². The molecule has 5 rings (SSSR count). The average Bonchev–Trinajstić information content (AvgIpc) is 2.84. The van der Waals surface area contributed by atoms with Gasteiger partial charge >= 0.3 is 23.8 Å². The van der Waals surface area contributed by atoms with Crippen LogP contribution in [-0.2, 0) is 14.3 Å². The first-order valence-corrected chi connectivity index (χ1v) is 7.41. The van der Waals surface area contributed by atoms with E-state index in [1.807, 2.05) is 0 Å². The van der Waals surface area contributed by atoms with Crippen molar-refractivity contribution in [2.45, 2.75) is 24.7 Å². The van der Waals surface area contributed by atoms with Crippen LogP contribution in [0.25, 0.3) is 0 Å². The summed E-state index contributed by atoms with van der Waals surface area (Å²) in [6, 6.07) is 0. The molecule has 5 aliphatic rings. The highest BCUT2D eigenvalue weighted by Crippen LogP contribution is 2.81. The number of halogens is 4. The van der Waals surface area contributed by atoms with Crippen LogP contribution in [0.2, 0.25) is 0 Å². The molecular weight excluding hydrogens is 304 g/mol. The van der Waals surface area contributed by atoms with Gasteiger partial charge in [-0.15, -0.1) is 0 Å². The van der Waals surface area contributed by atoms with Gasteiger partial charge in [-0.1, -0.05) is 12.2 Å². The van der Waals surface area contributed by atoms with E-state index in [1.54, 1.807) is 12.2 Å². The fourth-order valence-corrected chi connectivity index (χ4v) is 5.68. The van der Waals surface area contributed by atoms with Gasteiger partial charge < -0.3 is 4.74 Å². The zero-order valence-corrected chi connectivity index (χ0v) is 11.3. The Morgan fingerprint density at radius 1 is 0.909 bits per heavy atom. The van der Waals surface area contributed by atoms with Gasteiger partial charge in [0, 0.05) is 12.3 Å². The van der Waals surface area contributed by atoms with Crippen molar-refractivity contribution in [2.75, 3.05) is 0 Å². The molecule has 1 heterocycles. The summed E-state index contributed by atoms with van der Waals surface area (Å²) in [5.41, 5.74) is -0.602. The van der Waals surface area contributed by atoms with E-state index in [0.717, 1.165) is 0 Å². The molecule has 3 saturated carbocycles. The second kappa shape index (κ2) is 3.26. The van der Waals surface area contributed by atoms with Crippen molar-refractivity contribution < 1.29 is 31.9 Å². The third-order valence-electron chi connectivity index (χ3n) is 6.69. The highest BCUT2D eigenvalue weighted by atomic mass is 19.3. The van der Waals surface area contributed by atoms with E-state index in [0.29, 0.717) is 6.42 Å². The fraction of sp³-hybridized carbons (Fsp3) is 0.733. The van der Waals surface area contributed by atoms with E-state index < -0.39 is 59.3 Å². The summed E-state index contributed by atoms with van der Waals surface area (Å²) < 4.78 is 58.2. The Kier molecular flexibility index (Phi) is 1.94. The van der Waals surface area contributed by atoms with Crippen LogP contribution in [0.4, 0.5) is 17.6 Å². The number of fused-ring (bicyclic) bond motifs is 3. The summed E-state index contributed by atoms with van der Waals surface area (Å²) in [6.45, 7) is 0. The van der Waals surface area contributed by atoms with Crippen molar-refractivity contribution in [3.8, 4) is 0 Å². The Labute approximate surface area is 122 Å². The van der Waals surface area contributed by atoms with Crippen molar-refractivity contribution in [1.29, 1.82) is 0 Å². The van der Waals surface area contributed by atoms with Gasteiger partial charge in [0.1, 0.15) is 0 Å². The predicted molar refractivity (Wildman–Crippen MR) is 62.7 cm³/mol. The molecule has 7 heteroatoms. The van der Waals surface area contributed by atoms with Gasteiger partial charge in [-0.25, -0.2) is 0 Å². The maximum atomic E-state index is 13.7. The minimum atomic E-state index is -3.98. The number of rotatable bonds is 1. The van der Waals surface area contributed by atoms with Crippen LogP contribution >= 0.6 is 0 Å². The predicted octanol–water partition coefficient (Wildman–Crippen LogP) is 2.41. The van der Waals surface area contributed by atoms with Crippen LogP contribution in [0.3, 0.4) is 0 Å². The first kappa shape index (κ1) is 13.1. The maximum Gasteiger partial charge on any atom is 0.318 e. The molecule has 1 aliphatic heterocycles. The zero-order valence-electron chi connectivity index (χ0n) is 11.3. The normalized spacial score (nSPS) is 55.3. The number of carbonyl (C=O) groups excluding carboxylic acids is 2. The molecule has 1 unspecified atom stereocenters. The van der Waals surface area contributed by atoms with Gasteiger partial charge in [-0.05, 0) is 29.6 Å². The molecule has 22 heavy (non-hydrogen) atoms.